The van der Waals surface area contributed by atoms with Crippen LogP contribution in [0.15, 0.2) is 24.3 Å². The first-order valence-electron chi connectivity index (χ1n) is 9.63. The van der Waals surface area contributed by atoms with Gasteiger partial charge in [0.25, 0.3) is 0 Å². The molecule has 2 fully saturated rings. The van der Waals surface area contributed by atoms with Gasteiger partial charge in [0.1, 0.15) is 5.78 Å². The molecule has 3 rings (SSSR count). The highest BCUT2D eigenvalue weighted by Gasteiger charge is 2.51. The minimum absolute atomic E-state index is 0.287. The topological polar surface area (TPSA) is 35.5 Å². The van der Waals surface area contributed by atoms with E-state index in [2.05, 4.69) is 52.0 Å². The predicted octanol–water partition coefficient (Wildman–Crippen LogP) is 4.24. The first-order valence-corrected chi connectivity index (χ1v) is 9.63. The van der Waals surface area contributed by atoms with Crippen molar-refractivity contribution in [3.8, 4) is 0 Å². The second-order valence-electron chi connectivity index (χ2n) is 8.88. The second-order valence-corrected chi connectivity index (χ2v) is 8.88. The van der Waals surface area contributed by atoms with Crippen molar-refractivity contribution >= 4 is 18.4 Å². The maximum absolute atomic E-state index is 11.3. The molecular weight excluding hydrogens is 311 g/mol. The summed E-state index contributed by atoms with van der Waals surface area (Å²) in [5.74, 6) is 1.54. The van der Waals surface area contributed by atoms with Crippen LogP contribution in [0.4, 0.5) is 0 Å². The fourth-order valence-corrected chi connectivity index (χ4v) is 4.01. The summed E-state index contributed by atoms with van der Waals surface area (Å²) in [6, 6.07) is 8.77. The number of ketones is 1. The van der Waals surface area contributed by atoms with Gasteiger partial charge in [0.2, 0.25) is 0 Å². The molecule has 1 aliphatic carbocycles. The number of rotatable bonds is 4. The number of carbonyl (C=O) groups excluding carboxylic acids is 1. The molecule has 136 valence electrons. The van der Waals surface area contributed by atoms with Crippen molar-refractivity contribution in [3.63, 3.8) is 0 Å². The van der Waals surface area contributed by atoms with Crippen molar-refractivity contribution in [3.05, 3.63) is 29.8 Å². The summed E-state index contributed by atoms with van der Waals surface area (Å²) in [4.78, 5) is 11.3. The van der Waals surface area contributed by atoms with Gasteiger partial charge in [-0.2, -0.15) is 0 Å². The Hall–Kier alpha value is -1.13. The van der Waals surface area contributed by atoms with Crippen molar-refractivity contribution in [2.45, 2.75) is 83.8 Å². The van der Waals surface area contributed by atoms with Crippen LogP contribution in [0, 0.1) is 5.92 Å². The number of benzene rings is 1. The van der Waals surface area contributed by atoms with E-state index < -0.39 is 0 Å². The molecule has 1 saturated heterocycles. The molecule has 1 aliphatic heterocycles. The third kappa shape index (κ3) is 4.01. The van der Waals surface area contributed by atoms with E-state index in [0.29, 0.717) is 17.6 Å². The summed E-state index contributed by atoms with van der Waals surface area (Å²) in [5, 5.41) is 0. The van der Waals surface area contributed by atoms with Crippen molar-refractivity contribution < 1.29 is 14.1 Å². The van der Waals surface area contributed by atoms with E-state index in [1.807, 2.05) is 0 Å². The first kappa shape index (κ1) is 18.7. The molecule has 0 N–H and O–H groups in total. The highest BCUT2D eigenvalue weighted by atomic mass is 16.7. The Kier molecular flexibility index (Phi) is 5.14. The molecule has 25 heavy (non-hydrogen) atoms. The van der Waals surface area contributed by atoms with Gasteiger partial charge in [-0.15, -0.1) is 0 Å². The Labute approximate surface area is 152 Å². The Morgan fingerprint density at radius 3 is 2.00 bits per heavy atom. The van der Waals surface area contributed by atoms with Crippen LogP contribution < -0.4 is 5.46 Å². The zero-order chi connectivity index (χ0) is 18.2. The van der Waals surface area contributed by atoms with E-state index in [-0.39, 0.29) is 18.3 Å². The zero-order valence-electron chi connectivity index (χ0n) is 16.3. The molecule has 0 aromatic heterocycles. The van der Waals surface area contributed by atoms with E-state index in [1.165, 1.54) is 31.2 Å². The van der Waals surface area contributed by atoms with Crippen LogP contribution in [0.3, 0.4) is 0 Å². The SMILES string of the molecule is CC(=O)C[C@H]1CC[C@H](c2ccc(B3OC(C)(C)C(C)(C)O3)cc2)CC1. The lowest BCUT2D eigenvalue weighted by Gasteiger charge is -2.32. The molecule has 1 aromatic rings. The van der Waals surface area contributed by atoms with Crippen LogP contribution in [0.5, 0.6) is 0 Å². The van der Waals surface area contributed by atoms with Gasteiger partial charge in [0.05, 0.1) is 11.2 Å². The van der Waals surface area contributed by atoms with Gasteiger partial charge in [-0.05, 0) is 83.2 Å². The van der Waals surface area contributed by atoms with Crippen molar-refractivity contribution in [1.29, 1.82) is 0 Å². The van der Waals surface area contributed by atoms with Crippen LogP contribution in [-0.2, 0) is 14.1 Å². The maximum atomic E-state index is 11.3. The fraction of sp³-hybridized carbons (Fsp3) is 0.667. The molecule has 1 heterocycles. The minimum Gasteiger partial charge on any atom is -0.399 e. The molecule has 4 heteroatoms. The lowest BCUT2D eigenvalue weighted by Crippen LogP contribution is -2.41. The van der Waals surface area contributed by atoms with Gasteiger partial charge < -0.3 is 14.1 Å². The molecule has 1 aromatic carbocycles. The zero-order valence-corrected chi connectivity index (χ0v) is 16.3. The highest BCUT2D eigenvalue weighted by molar-refractivity contribution is 6.62. The third-order valence-electron chi connectivity index (χ3n) is 6.36. The second kappa shape index (κ2) is 6.88. The Bertz CT molecular complexity index is 597. The number of hydrogen-bond donors (Lipinski definition) is 0. The standard InChI is InChI=1S/C21H31BO3/c1-15(23)14-16-6-8-17(9-7-16)18-10-12-19(13-11-18)22-24-20(2,3)21(4,5)25-22/h10-13,16-17H,6-9,14H2,1-5H3/t16-,17-. The quantitative estimate of drug-likeness (QED) is 0.768. The Morgan fingerprint density at radius 1 is 1.00 bits per heavy atom. The van der Waals surface area contributed by atoms with Crippen molar-refractivity contribution in [2.75, 3.05) is 0 Å². The van der Waals surface area contributed by atoms with Gasteiger partial charge >= 0.3 is 7.12 Å². The summed E-state index contributed by atoms with van der Waals surface area (Å²) in [6.45, 7) is 10.0. The normalized spacial score (nSPS) is 28.1. The summed E-state index contributed by atoms with van der Waals surface area (Å²) < 4.78 is 12.3. The molecule has 1 saturated carbocycles. The molecule has 0 amide bonds. The molecule has 0 radical (unpaired) electrons. The summed E-state index contributed by atoms with van der Waals surface area (Å²) in [7, 11) is -0.287. The van der Waals surface area contributed by atoms with Gasteiger partial charge in [0, 0.05) is 6.42 Å². The molecule has 3 nitrogen and oxygen atoms in total. The van der Waals surface area contributed by atoms with E-state index >= 15 is 0 Å². The molecular formula is C21H31BO3. The van der Waals surface area contributed by atoms with Gasteiger partial charge in [-0.1, -0.05) is 24.3 Å². The van der Waals surface area contributed by atoms with Crippen LogP contribution in [0.25, 0.3) is 0 Å². The van der Waals surface area contributed by atoms with Crippen LogP contribution in [-0.4, -0.2) is 24.1 Å². The predicted molar refractivity (Wildman–Crippen MR) is 102 cm³/mol. The molecule has 0 spiro atoms. The molecule has 0 atom stereocenters. The fourth-order valence-electron chi connectivity index (χ4n) is 4.01. The average Bonchev–Trinajstić information content (AvgIpc) is 2.76. The third-order valence-corrected chi connectivity index (χ3v) is 6.36. The van der Waals surface area contributed by atoms with E-state index in [0.717, 1.165) is 11.9 Å². The van der Waals surface area contributed by atoms with Crippen LogP contribution in [0.1, 0.15) is 78.2 Å². The molecule has 0 bridgehead atoms. The van der Waals surface area contributed by atoms with Crippen molar-refractivity contribution in [1.82, 2.24) is 0 Å². The summed E-state index contributed by atoms with van der Waals surface area (Å²) in [6.07, 6.45) is 5.47. The van der Waals surface area contributed by atoms with Gasteiger partial charge in [-0.3, -0.25) is 0 Å². The van der Waals surface area contributed by atoms with E-state index in [4.69, 9.17) is 9.31 Å². The van der Waals surface area contributed by atoms with Gasteiger partial charge in [0.15, 0.2) is 0 Å². The van der Waals surface area contributed by atoms with E-state index in [9.17, 15) is 4.79 Å². The smallest absolute Gasteiger partial charge is 0.399 e. The average molecular weight is 342 g/mol. The van der Waals surface area contributed by atoms with Crippen LogP contribution >= 0.6 is 0 Å². The monoisotopic (exact) mass is 342 g/mol. The van der Waals surface area contributed by atoms with Crippen LogP contribution in [0.2, 0.25) is 0 Å². The number of carbonyl (C=O) groups is 1. The minimum atomic E-state index is -0.300. The Balaban J connectivity index is 1.61. The highest BCUT2D eigenvalue weighted by Crippen LogP contribution is 2.38. The van der Waals surface area contributed by atoms with E-state index in [1.54, 1.807) is 6.92 Å². The summed E-state index contributed by atoms with van der Waals surface area (Å²) >= 11 is 0. The molecule has 2 aliphatic rings. The first-order chi connectivity index (χ1) is 11.7. The lowest BCUT2D eigenvalue weighted by molar-refractivity contribution is -0.118. The summed E-state index contributed by atoms with van der Waals surface area (Å²) in [5.41, 5.74) is 1.89. The lowest BCUT2D eigenvalue weighted by atomic mass is 9.75. The number of Topliss-reactive ketones (excluding diaryl/α,β-unsaturated/α-hetero) is 1. The Morgan fingerprint density at radius 2 is 1.52 bits per heavy atom. The number of hydrogen-bond acceptors (Lipinski definition) is 3. The molecule has 0 unspecified atom stereocenters. The van der Waals surface area contributed by atoms with Crippen molar-refractivity contribution in [2.24, 2.45) is 5.92 Å². The largest absolute Gasteiger partial charge is 0.494 e. The van der Waals surface area contributed by atoms with Gasteiger partial charge in [-0.25, -0.2) is 0 Å². The maximum Gasteiger partial charge on any atom is 0.494 e.